The molecule has 44 heavy (non-hydrogen) atoms. The number of ether oxygens (including phenoxy) is 1. The lowest BCUT2D eigenvalue weighted by molar-refractivity contribution is -0.137. The summed E-state index contributed by atoms with van der Waals surface area (Å²) < 4.78 is 68.6. The highest BCUT2D eigenvalue weighted by molar-refractivity contribution is 7.80. The Balaban J connectivity index is 1.51. The zero-order valence-corrected chi connectivity index (χ0v) is 24.9. The van der Waals surface area contributed by atoms with Crippen LogP contribution in [0.2, 0.25) is 0 Å². The summed E-state index contributed by atoms with van der Waals surface area (Å²) in [6, 6.07) is 4.67. The molecular weight excluding hydrogens is 603 g/mol. The van der Waals surface area contributed by atoms with Crippen molar-refractivity contribution in [3.05, 3.63) is 65.9 Å². The number of nitrogens with zero attached hydrogens (tertiary/aromatic N) is 6. The highest BCUT2D eigenvalue weighted by Crippen LogP contribution is 2.35. The molecule has 1 fully saturated rings. The summed E-state index contributed by atoms with van der Waals surface area (Å²) in [5, 5.41) is 8.47. The molecule has 1 aliphatic rings. The second kappa shape index (κ2) is 14.3. The van der Waals surface area contributed by atoms with Crippen LogP contribution in [-0.4, -0.2) is 72.8 Å². The number of amides is 1. The second-order valence-electron chi connectivity index (χ2n) is 9.67. The van der Waals surface area contributed by atoms with E-state index in [4.69, 9.17) is 4.74 Å². The molecule has 0 spiro atoms. The highest BCUT2D eigenvalue weighted by atomic mass is 32.2. The Morgan fingerprint density at radius 2 is 1.95 bits per heavy atom. The molecule has 3 aromatic rings. The van der Waals surface area contributed by atoms with Crippen LogP contribution in [0, 0.1) is 0 Å². The van der Waals surface area contributed by atoms with Gasteiger partial charge in [-0.15, -0.1) is 0 Å². The van der Waals surface area contributed by atoms with E-state index in [0.29, 0.717) is 17.4 Å². The molecule has 4 N–H and O–H groups in total. The molecule has 1 aromatic carbocycles. The third-order valence-corrected chi connectivity index (χ3v) is 7.38. The van der Waals surface area contributed by atoms with Crippen molar-refractivity contribution in [2.75, 3.05) is 42.2 Å². The van der Waals surface area contributed by atoms with Gasteiger partial charge in [0.2, 0.25) is 5.95 Å². The molecule has 1 aliphatic heterocycles. The fourth-order valence-corrected chi connectivity index (χ4v) is 4.80. The van der Waals surface area contributed by atoms with Crippen LogP contribution >= 0.6 is 0 Å². The van der Waals surface area contributed by atoms with Gasteiger partial charge in [-0.05, 0) is 44.2 Å². The largest absolute Gasteiger partial charge is 0.495 e. The van der Waals surface area contributed by atoms with Gasteiger partial charge >= 0.3 is 6.18 Å². The van der Waals surface area contributed by atoms with Crippen LogP contribution in [0.25, 0.3) is 0 Å². The molecule has 2 aromatic heterocycles. The van der Waals surface area contributed by atoms with Gasteiger partial charge in [0.05, 0.1) is 19.3 Å². The number of hydrogen-bond donors (Lipinski definition) is 4. The molecule has 0 aliphatic carbocycles. The molecule has 4 rings (SSSR count). The standard InChI is InChI=1S/C27H32F3N9O4S/c1-4-11-39-12-7-18(8-13-39)35-25(40)17-5-6-20(22(14-17)43-3)36-26-34-15-19(27(28,29)30)23(37-26)33-16-21-24(32-10-9-31-21)38(2)44(41)42/h4-6,9-11,14-15,18H,7-8,12-13,16H2,1-3H3,(H,35,40)(H,41,42)(H2,33,34,36,37). The molecule has 0 radical (unpaired) electrons. The first-order valence-corrected chi connectivity index (χ1v) is 14.5. The summed E-state index contributed by atoms with van der Waals surface area (Å²) in [5.74, 6) is -0.764. The van der Waals surface area contributed by atoms with Gasteiger partial charge in [0, 0.05) is 50.3 Å². The molecule has 236 valence electrons. The summed E-state index contributed by atoms with van der Waals surface area (Å²) >= 11 is -2.43. The first-order chi connectivity index (χ1) is 21.0. The van der Waals surface area contributed by atoms with Crippen molar-refractivity contribution in [2.45, 2.75) is 38.5 Å². The number of likely N-dealkylation sites (tertiary alicyclic amines) is 1. The van der Waals surface area contributed by atoms with Crippen molar-refractivity contribution in [2.24, 2.45) is 0 Å². The number of carbonyl (C=O) groups excluding carboxylic acids is 1. The Bertz CT molecular complexity index is 1520. The van der Waals surface area contributed by atoms with Gasteiger partial charge in [-0.3, -0.25) is 18.6 Å². The maximum Gasteiger partial charge on any atom is 0.421 e. The lowest BCUT2D eigenvalue weighted by Gasteiger charge is -2.31. The number of hydrogen-bond acceptors (Lipinski definition) is 10. The lowest BCUT2D eigenvalue weighted by atomic mass is 10.0. The third kappa shape index (κ3) is 8.10. The summed E-state index contributed by atoms with van der Waals surface area (Å²) in [5.41, 5.74) is -0.356. The molecule has 13 nitrogen and oxygen atoms in total. The Morgan fingerprint density at radius 3 is 2.61 bits per heavy atom. The summed E-state index contributed by atoms with van der Waals surface area (Å²) in [6.07, 6.45) is 4.06. The molecule has 1 atom stereocenters. The van der Waals surface area contributed by atoms with Crippen molar-refractivity contribution < 1.29 is 31.5 Å². The van der Waals surface area contributed by atoms with E-state index in [2.05, 4.69) is 40.8 Å². The predicted octanol–water partition coefficient (Wildman–Crippen LogP) is 3.95. The van der Waals surface area contributed by atoms with E-state index < -0.39 is 28.8 Å². The normalized spacial score (nSPS) is 14.8. The van der Waals surface area contributed by atoms with Crippen LogP contribution in [0.5, 0.6) is 5.75 Å². The quantitative estimate of drug-likeness (QED) is 0.226. The fraction of sp³-hybridized carbons (Fsp3) is 0.370. The van der Waals surface area contributed by atoms with Gasteiger partial charge < -0.3 is 25.6 Å². The molecule has 0 bridgehead atoms. The molecular formula is C27H32F3N9O4S. The topological polar surface area (TPSA) is 158 Å². The number of methoxy groups -OCH3 is 1. The second-order valence-corrected chi connectivity index (χ2v) is 10.7. The first-order valence-electron chi connectivity index (χ1n) is 13.5. The van der Waals surface area contributed by atoms with E-state index in [-0.39, 0.29) is 41.7 Å². The highest BCUT2D eigenvalue weighted by Gasteiger charge is 2.35. The number of anilines is 4. The average Bonchev–Trinajstić information content (AvgIpc) is 3.00. The Kier molecular flexibility index (Phi) is 10.5. The molecule has 3 heterocycles. The maximum atomic E-state index is 13.8. The van der Waals surface area contributed by atoms with Gasteiger partial charge in [-0.1, -0.05) is 6.08 Å². The number of nitrogens with one attached hydrogen (secondary N) is 3. The first kappa shape index (κ1) is 32.4. The SMILES string of the molecule is CC=CN1CCC(NC(=O)c2ccc(Nc3ncc(C(F)(F)F)c(NCc4nccnc4N(C)S(=O)O)n3)c(OC)c2)CC1. The number of piperidine rings is 1. The lowest BCUT2D eigenvalue weighted by Crippen LogP contribution is -2.43. The zero-order valence-electron chi connectivity index (χ0n) is 24.1. The van der Waals surface area contributed by atoms with Crippen molar-refractivity contribution in [1.82, 2.24) is 30.2 Å². The van der Waals surface area contributed by atoms with Gasteiger partial charge in [-0.2, -0.15) is 18.2 Å². The van der Waals surface area contributed by atoms with Gasteiger partial charge in [0.25, 0.3) is 17.2 Å². The summed E-state index contributed by atoms with van der Waals surface area (Å²) in [6.45, 7) is 3.34. The van der Waals surface area contributed by atoms with Crippen LogP contribution in [0.4, 0.5) is 36.4 Å². The minimum atomic E-state index is -4.79. The van der Waals surface area contributed by atoms with E-state index in [1.54, 1.807) is 12.1 Å². The molecule has 1 unspecified atom stereocenters. The van der Waals surface area contributed by atoms with E-state index in [0.717, 1.165) is 30.2 Å². The van der Waals surface area contributed by atoms with Crippen LogP contribution in [-0.2, 0) is 24.0 Å². The average molecular weight is 636 g/mol. The third-order valence-electron chi connectivity index (χ3n) is 6.74. The van der Waals surface area contributed by atoms with Crippen molar-refractivity contribution in [3.63, 3.8) is 0 Å². The molecule has 1 saturated heterocycles. The Hall–Kier alpha value is -4.51. The van der Waals surface area contributed by atoms with Crippen LogP contribution in [0.1, 0.15) is 41.4 Å². The number of carbonyl (C=O) groups is 1. The number of alkyl halides is 3. The van der Waals surface area contributed by atoms with Gasteiger partial charge in [0.1, 0.15) is 22.8 Å². The van der Waals surface area contributed by atoms with E-state index in [1.165, 1.54) is 32.6 Å². The number of benzene rings is 1. The van der Waals surface area contributed by atoms with Crippen molar-refractivity contribution >= 4 is 40.4 Å². The predicted molar refractivity (Wildman–Crippen MR) is 159 cm³/mol. The van der Waals surface area contributed by atoms with E-state index in [9.17, 15) is 26.7 Å². The Morgan fingerprint density at radius 1 is 1.23 bits per heavy atom. The van der Waals surface area contributed by atoms with Crippen LogP contribution < -0.4 is 25.0 Å². The van der Waals surface area contributed by atoms with E-state index >= 15 is 0 Å². The smallest absolute Gasteiger partial charge is 0.421 e. The van der Waals surface area contributed by atoms with Crippen molar-refractivity contribution in [3.8, 4) is 5.75 Å². The van der Waals surface area contributed by atoms with Crippen LogP contribution in [0.15, 0.2) is 49.1 Å². The van der Waals surface area contributed by atoms with Gasteiger partial charge in [0.15, 0.2) is 5.82 Å². The maximum absolute atomic E-state index is 13.8. The zero-order chi connectivity index (χ0) is 31.9. The minimum absolute atomic E-state index is 0.00485. The van der Waals surface area contributed by atoms with Crippen molar-refractivity contribution in [1.29, 1.82) is 0 Å². The molecule has 0 saturated carbocycles. The number of allylic oxidation sites excluding steroid dienone is 1. The summed E-state index contributed by atoms with van der Waals surface area (Å²) in [4.78, 5) is 31.0. The number of halogens is 3. The van der Waals surface area contributed by atoms with Crippen LogP contribution in [0.3, 0.4) is 0 Å². The summed E-state index contributed by atoms with van der Waals surface area (Å²) in [7, 11) is 2.68. The Labute approximate surface area is 254 Å². The van der Waals surface area contributed by atoms with E-state index in [1.807, 2.05) is 19.2 Å². The van der Waals surface area contributed by atoms with Gasteiger partial charge in [-0.25, -0.2) is 14.2 Å². The molecule has 1 amide bonds. The monoisotopic (exact) mass is 635 g/mol. The fourth-order valence-electron chi connectivity index (χ4n) is 4.50. The minimum Gasteiger partial charge on any atom is -0.495 e. The number of rotatable bonds is 11. The number of aromatic nitrogens is 4. The molecule has 17 heteroatoms.